The first-order chi connectivity index (χ1) is 11.0. The van der Waals surface area contributed by atoms with Crippen LogP contribution >= 0.6 is 0 Å². The fourth-order valence-electron chi connectivity index (χ4n) is 3.39. The first kappa shape index (κ1) is 15.3. The lowest BCUT2D eigenvalue weighted by molar-refractivity contribution is -0.163. The third-order valence-corrected chi connectivity index (χ3v) is 4.47. The van der Waals surface area contributed by atoms with Crippen LogP contribution in [0.5, 0.6) is 0 Å². The normalized spacial score (nSPS) is 19.3. The molecule has 0 spiro atoms. The number of para-hydroxylation sites is 1. The second-order valence-electron chi connectivity index (χ2n) is 5.76. The summed E-state index contributed by atoms with van der Waals surface area (Å²) in [7, 11) is 2.45. The van der Waals surface area contributed by atoms with E-state index in [1.807, 2.05) is 12.1 Å². The molecular weight excluding hydrogens is 298 g/mol. The predicted octanol–water partition coefficient (Wildman–Crippen LogP) is 1.91. The van der Waals surface area contributed by atoms with Gasteiger partial charge in [-0.25, -0.2) is 0 Å². The number of carbonyl (C=O) groups excluding carboxylic acids is 3. The van der Waals surface area contributed by atoms with E-state index in [0.717, 1.165) is 5.39 Å². The molecule has 6 nitrogen and oxygen atoms in total. The Labute approximate surface area is 133 Å². The zero-order chi connectivity index (χ0) is 16.8. The summed E-state index contributed by atoms with van der Waals surface area (Å²) in [6.45, 7) is 1.70. The molecule has 2 aromatic rings. The van der Waals surface area contributed by atoms with Gasteiger partial charge in [-0.05, 0) is 18.6 Å². The van der Waals surface area contributed by atoms with Crippen LogP contribution in [-0.4, -0.2) is 36.6 Å². The lowest BCUT2D eigenvalue weighted by atomic mass is 9.74. The largest absolute Gasteiger partial charge is 0.468 e. The van der Waals surface area contributed by atoms with E-state index in [4.69, 9.17) is 9.47 Å². The maximum Gasteiger partial charge on any atom is 0.329 e. The molecule has 1 aromatic carbocycles. The molecule has 1 aromatic heterocycles. The number of aromatic nitrogens is 1. The van der Waals surface area contributed by atoms with Crippen molar-refractivity contribution >= 4 is 28.7 Å². The average molecular weight is 315 g/mol. The van der Waals surface area contributed by atoms with Gasteiger partial charge in [-0.15, -0.1) is 0 Å². The van der Waals surface area contributed by atoms with Crippen molar-refractivity contribution in [2.45, 2.75) is 18.8 Å². The van der Waals surface area contributed by atoms with Crippen LogP contribution < -0.4 is 0 Å². The highest BCUT2D eigenvalue weighted by Crippen LogP contribution is 2.42. The maximum absolute atomic E-state index is 12.7. The van der Waals surface area contributed by atoms with Gasteiger partial charge in [0.2, 0.25) is 11.3 Å². The van der Waals surface area contributed by atoms with Crippen molar-refractivity contribution in [1.82, 2.24) is 4.57 Å². The summed E-state index contributed by atoms with van der Waals surface area (Å²) in [6, 6.07) is 8.94. The highest BCUT2D eigenvalue weighted by Gasteiger charge is 2.57. The van der Waals surface area contributed by atoms with Crippen LogP contribution in [0, 0.1) is 5.92 Å². The van der Waals surface area contributed by atoms with Crippen LogP contribution in [0.4, 0.5) is 0 Å². The van der Waals surface area contributed by atoms with Gasteiger partial charge in [0.1, 0.15) is 0 Å². The highest BCUT2D eigenvalue weighted by atomic mass is 16.5. The fraction of sp³-hybridized carbons (Fsp3) is 0.353. The van der Waals surface area contributed by atoms with Gasteiger partial charge in [-0.2, -0.15) is 0 Å². The van der Waals surface area contributed by atoms with E-state index >= 15 is 0 Å². The molecule has 0 N–H and O–H groups in total. The highest BCUT2D eigenvalue weighted by molar-refractivity contribution is 6.10. The van der Waals surface area contributed by atoms with Crippen molar-refractivity contribution in [3.63, 3.8) is 0 Å². The Morgan fingerprint density at radius 2 is 1.78 bits per heavy atom. The van der Waals surface area contributed by atoms with Gasteiger partial charge >= 0.3 is 11.9 Å². The van der Waals surface area contributed by atoms with Crippen molar-refractivity contribution in [2.75, 3.05) is 14.2 Å². The summed E-state index contributed by atoms with van der Waals surface area (Å²) in [5.41, 5.74) is -0.660. The van der Waals surface area contributed by atoms with Crippen LogP contribution in [0.15, 0.2) is 30.3 Å². The Bertz CT molecular complexity index is 803. The molecule has 23 heavy (non-hydrogen) atoms. The number of ether oxygens (including phenoxy) is 2. The molecule has 0 saturated heterocycles. The van der Waals surface area contributed by atoms with Crippen molar-refractivity contribution in [1.29, 1.82) is 0 Å². The predicted molar refractivity (Wildman–Crippen MR) is 82.1 cm³/mol. The zero-order valence-corrected chi connectivity index (χ0v) is 13.2. The van der Waals surface area contributed by atoms with Gasteiger partial charge < -0.3 is 9.47 Å². The number of methoxy groups -OCH3 is 2. The summed E-state index contributed by atoms with van der Waals surface area (Å²) in [5, 5.41) is 0.780. The van der Waals surface area contributed by atoms with E-state index in [9.17, 15) is 14.4 Å². The molecule has 0 aliphatic carbocycles. The molecule has 1 atom stereocenters. The summed E-state index contributed by atoms with van der Waals surface area (Å²) in [4.78, 5) is 37.7. The molecule has 0 radical (unpaired) electrons. The molecule has 0 saturated carbocycles. The molecule has 1 unspecified atom stereocenters. The Morgan fingerprint density at radius 3 is 2.39 bits per heavy atom. The van der Waals surface area contributed by atoms with E-state index in [1.54, 1.807) is 25.1 Å². The van der Waals surface area contributed by atoms with E-state index in [2.05, 4.69) is 0 Å². The number of nitrogens with zero attached hydrogens (tertiary/aromatic N) is 1. The van der Waals surface area contributed by atoms with Crippen molar-refractivity contribution < 1.29 is 23.9 Å². The van der Waals surface area contributed by atoms with E-state index < -0.39 is 23.3 Å². The van der Waals surface area contributed by atoms with Crippen molar-refractivity contribution in [3.05, 3.63) is 36.0 Å². The molecule has 1 aliphatic rings. The molecule has 2 heterocycles. The van der Waals surface area contributed by atoms with Gasteiger partial charge in [-0.3, -0.25) is 19.0 Å². The quantitative estimate of drug-likeness (QED) is 0.625. The Hall–Kier alpha value is -2.63. The summed E-state index contributed by atoms with van der Waals surface area (Å²) in [5.74, 6) is -2.10. The van der Waals surface area contributed by atoms with Crippen molar-refractivity contribution in [2.24, 2.45) is 5.92 Å². The van der Waals surface area contributed by atoms with Crippen LogP contribution in [0.25, 0.3) is 10.9 Å². The van der Waals surface area contributed by atoms with Gasteiger partial charge in [0.05, 0.1) is 25.4 Å². The molecule has 0 amide bonds. The van der Waals surface area contributed by atoms with Crippen LogP contribution in [0.2, 0.25) is 0 Å². The second-order valence-corrected chi connectivity index (χ2v) is 5.76. The van der Waals surface area contributed by atoms with Gasteiger partial charge in [0.15, 0.2) is 0 Å². The van der Waals surface area contributed by atoms with E-state index in [0.29, 0.717) is 11.2 Å². The summed E-state index contributed by atoms with van der Waals surface area (Å²) >= 11 is 0. The van der Waals surface area contributed by atoms with E-state index in [1.165, 1.54) is 18.8 Å². The Morgan fingerprint density at radius 1 is 1.17 bits per heavy atom. The standard InChI is InChI=1S/C17H17NO5/c1-10-9-17(15(20)22-2,16(21)23-3)13-8-11-6-4-5-7-12(11)18(13)14(10)19/h4-8,10H,9H2,1-3H3. The minimum atomic E-state index is -1.63. The number of hydrogen-bond donors (Lipinski definition) is 0. The first-order valence-electron chi connectivity index (χ1n) is 7.29. The topological polar surface area (TPSA) is 74.6 Å². The maximum atomic E-state index is 12.7. The van der Waals surface area contributed by atoms with Crippen LogP contribution in [0.1, 0.15) is 23.8 Å². The number of benzene rings is 1. The third kappa shape index (κ3) is 1.91. The molecule has 1 aliphatic heterocycles. The number of fused-ring (bicyclic) bond motifs is 3. The summed E-state index contributed by atoms with van der Waals surface area (Å²) < 4.78 is 11.2. The number of hydrogen-bond acceptors (Lipinski definition) is 5. The number of carbonyl (C=O) groups is 3. The monoisotopic (exact) mass is 315 g/mol. The average Bonchev–Trinajstić information content (AvgIpc) is 2.96. The third-order valence-electron chi connectivity index (χ3n) is 4.47. The Balaban J connectivity index is 2.40. The van der Waals surface area contributed by atoms with E-state index in [-0.39, 0.29) is 12.3 Å². The molecule has 0 bridgehead atoms. The minimum absolute atomic E-state index is 0.0293. The lowest BCUT2D eigenvalue weighted by Crippen LogP contribution is -2.52. The Kier molecular flexibility index (Phi) is 3.47. The minimum Gasteiger partial charge on any atom is -0.468 e. The molecule has 6 heteroatoms. The number of rotatable bonds is 2. The number of esters is 2. The lowest BCUT2D eigenvalue weighted by Gasteiger charge is -2.35. The smallest absolute Gasteiger partial charge is 0.329 e. The molecule has 3 rings (SSSR count). The van der Waals surface area contributed by atoms with Gasteiger partial charge in [0, 0.05) is 11.3 Å². The fourth-order valence-corrected chi connectivity index (χ4v) is 3.39. The second kappa shape index (κ2) is 5.22. The molecular formula is C17H17NO5. The summed E-state index contributed by atoms with van der Waals surface area (Å²) in [6.07, 6.45) is 0.0293. The van der Waals surface area contributed by atoms with Crippen LogP contribution in [0.3, 0.4) is 0 Å². The SMILES string of the molecule is COC(=O)C1(C(=O)OC)CC(C)C(=O)n2c1cc1ccccc12. The zero-order valence-electron chi connectivity index (χ0n) is 13.2. The van der Waals surface area contributed by atoms with Gasteiger partial charge in [-0.1, -0.05) is 25.1 Å². The van der Waals surface area contributed by atoms with Crippen molar-refractivity contribution in [3.8, 4) is 0 Å². The molecule has 120 valence electrons. The molecule has 0 fully saturated rings. The van der Waals surface area contributed by atoms with Crippen LogP contribution in [-0.2, 0) is 24.5 Å². The first-order valence-corrected chi connectivity index (χ1v) is 7.29. The van der Waals surface area contributed by atoms with Gasteiger partial charge in [0.25, 0.3) is 0 Å².